The van der Waals surface area contributed by atoms with Gasteiger partial charge in [0.05, 0.1) is 5.69 Å². The molecule has 0 aliphatic rings. The Bertz CT molecular complexity index is 724. The molecule has 0 atom stereocenters. The second kappa shape index (κ2) is 5.64. The smallest absolute Gasteiger partial charge is 0.242 e. The summed E-state index contributed by atoms with van der Waals surface area (Å²) in [5.74, 6) is 0. The summed E-state index contributed by atoms with van der Waals surface area (Å²) in [6.45, 7) is 4.08. The highest BCUT2D eigenvalue weighted by Gasteiger charge is 2.16. The average Bonchev–Trinajstić information content (AvgIpc) is 2.36. The third-order valence-corrected chi connectivity index (χ3v) is 4.48. The van der Waals surface area contributed by atoms with Crippen LogP contribution >= 0.6 is 0 Å². The predicted molar refractivity (Wildman–Crippen MR) is 80.8 cm³/mol. The number of anilines is 1. The van der Waals surface area contributed by atoms with Crippen molar-refractivity contribution in [3.8, 4) is 0 Å². The van der Waals surface area contributed by atoms with Crippen molar-refractivity contribution >= 4 is 15.7 Å². The number of nitrogens with two attached hydrogens (primary N) is 1. The van der Waals surface area contributed by atoms with Gasteiger partial charge >= 0.3 is 0 Å². The molecule has 3 N–H and O–H groups in total. The summed E-state index contributed by atoms with van der Waals surface area (Å²) in [4.78, 5) is 0.121. The fourth-order valence-corrected chi connectivity index (χ4v) is 3.12. The molecule has 0 saturated heterocycles. The number of benzene rings is 2. The van der Waals surface area contributed by atoms with E-state index in [0.29, 0.717) is 0 Å². The van der Waals surface area contributed by atoms with Crippen molar-refractivity contribution < 1.29 is 8.42 Å². The van der Waals surface area contributed by atoms with Crippen molar-refractivity contribution in [1.29, 1.82) is 0 Å². The van der Waals surface area contributed by atoms with Gasteiger partial charge in [0, 0.05) is 6.54 Å². The first-order valence-corrected chi connectivity index (χ1v) is 7.78. The second-order valence-electron chi connectivity index (χ2n) is 4.85. The first kappa shape index (κ1) is 14.6. The third-order valence-electron chi connectivity index (χ3n) is 3.00. The van der Waals surface area contributed by atoms with Gasteiger partial charge in [-0.2, -0.15) is 0 Å². The molecule has 0 bridgehead atoms. The van der Waals surface area contributed by atoms with Crippen LogP contribution < -0.4 is 10.5 Å². The van der Waals surface area contributed by atoms with E-state index >= 15 is 0 Å². The molecule has 0 aromatic heterocycles. The molecule has 106 valence electrons. The minimum Gasteiger partial charge on any atom is -0.398 e. The quantitative estimate of drug-likeness (QED) is 0.849. The van der Waals surface area contributed by atoms with Gasteiger partial charge in [-0.1, -0.05) is 35.9 Å². The summed E-state index contributed by atoms with van der Waals surface area (Å²) in [5, 5.41) is 0. The van der Waals surface area contributed by atoms with Crippen molar-refractivity contribution in [2.45, 2.75) is 25.3 Å². The molecule has 20 heavy (non-hydrogen) atoms. The van der Waals surface area contributed by atoms with E-state index in [2.05, 4.69) is 4.72 Å². The molecule has 0 aliphatic heterocycles. The molecular formula is C15H18N2O2S. The van der Waals surface area contributed by atoms with E-state index in [1.807, 2.05) is 38.1 Å². The number of nitrogens with one attached hydrogen (secondary N) is 1. The zero-order chi connectivity index (χ0) is 14.8. The van der Waals surface area contributed by atoms with Crippen molar-refractivity contribution in [3.05, 3.63) is 59.2 Å². The van der Waals surface area contributed by atoms with Gasteiger partial charge in [0.2, 0.25) is 10.0 Å². The molecule has 0 radical (unpaired) electrons. The molecule has 0 aliphatic carbocycles. The standard InChI is InChI=1S/C15H18N2O2S/c1-11-4-3-5-13(8-11)10-17-20(18,19)15-7-6-12(2)9-14(15)16/h3-9,17H,10,16H2,1-2H3. The lowest BCUT2D eigenvalue weighted by Crippen LogP contribution is -2.24. The summed E-state index contributed by atoms with van der Waals surface area (Å²) in [7, 11) is -3.59. The van der Waals surface area contributed by atoms with Gasteiger partial charge in [0.15, 0.2) is 0 Å². The molecule has 0 saturated carbocycles. The van der Waals surface area contributed by atoms with Gasteiger partial charge in [-0.3, -0.25) is 0 Å². The Morgan fingerprint density at radius 2 is 1.75 bits per heavy atom. The number of aryl methyl sites for hydroxylation is 2. The van der Waals surface area contributed by atoms with Crippen LogP contribution in [0.4, 0.5) is 5.69 Å². The second-order valence-corrected chi connectivity index (χ2v) is 6.59. The fourth-order valence-electron chi connectivity index (χ4n) is 1.99. The maximum Gasteiger partial charge on any atom is 0.242 e. The number of rotatable bonds is 4. The largest absolute Gasteiger partial charge is 0.398 e. The van der Waals surface area contributed by atoms with Crippen LogP contribution in [0.25, 0.3) is 0 Å². The Balaban J connectivity index is 2.19. The predicted octanol–water partition coefficient (Wildman–Crippen LogP) is 2.36. The topological polar surface area (TPSA) is 72.2 Å². The molecule has 0 unspecified atom stereocenters. The molecule has 2 aromatic carbocycles. The van der Waals surface area contributed by atoms with Gasteiger partial charge in [-0.15, -0.1) is 0 Å². The monoisotopic (exact) mass is 290 g/mol. The van der Waals surface area contributed by atoms with Crippen LogP contribution in [0.15, 0.2) is 47.4 Å². The molecule has 2 aromatic rings. The maximum atomic E-state index is 12.2. The van der Waals surface area contributed by atoms with E-state index in [-0.39, 0.29) is 17.1 Å². The fraction of sp³-hybridized carbons (Fsp3) is 0.200. The first-order chi connectivity index (χ1) is 9.38. The SMILES string of the molecule is Cc1cccc(CNS(=O)(=O)c2ccc(C)cc2N)c1. The van der Waals surface area contributed by atoms with E-state index in [0.717, 1.165) is 16.7 Å². The normalized spacial score (nSPS) is 11.5. The van der Waals surface area contributed by atoms with Crippen molar-refractivity contribution in [1.82, 2.24) is 4.72 Å². The average molecular weight is 290 g/mol. The van der Waals surface area contributed by atoms with E-state index in [9.17, 15) is 8.42 Å². The highest BCUT2D eigenvalue weighted by Crippen LogP contribution is 2.19. The van der Waals surface area contributed by atoms with Crippen LogP contribution in [-0.2, 0) is 16.6 Å². The first-order valence-electron chi connectivity index (χ1n) is 6.30. The molecule has 0 heterocycles. The van der Waals surface area contributed by atoms with Crippen molar-refractivity contribution in [3.63, 3.8) is 0 Å². The molecule has 5 heteroatoms. The zero-order valence-electron chi connectivity index (χ0n) is 11.6. The maximum absolute atomic E-state index is 12.2. The van der Waals surface area contributed by atoms with Gasteiger partial charge in [-0.05, 0) is 37.1 Å². The van der Waals surface area contributed by atoms with Gasteiger partial charge < -0.3 is 5.73 Å². The van der Waals surface area contributed by atoms with Crippen LogP contribution in [0.2, 0.25) is 0 Å². The molecule has 0 spiro atoms. The highest BCUT2D eigenvalue weighted by atomic mass is 32.2. The van der Waals surface area contributed by atoms with E-state index in [1.165, 1.54) is 6.07 Å². The Hall–Kier alpha value is -1.85. The number of hydrogen-bond acceptors (Lipinski definition) is 3. The summed E-state index contributed by atoms with van der Waals surface area (Å²) >= 11 is 0. The van der Waals surface area contributed by atoms with Gasteiger partial charge in [0.25, 0.3) is 0 Å². The Morgan fingerprint density at radius 3 is 2.40 bits per heavy atom. The van der Waals surface area contributed by atoms with Crippen LogP contribution in [0, 0.1) is 13.8 Å². The summed E-state index contributed by atoms with van der Waals surface area (Å²) in [6.07, 6.45) is 0. The lowest BCUT2D eigenvalue weighted by atomic mass is 10.1. The van der Waals surface area contributed by atoms with E-state index < -0.39 is 10.0 Å². The molecular weight excluding hydrogens is 272 g/mol. The van der Waals surface area contributed by atoms with Gasteiger partial charge in [0.1, 0.15) is 4.90 Å². The van der Waals surface area contributed by atoms with Gasteiger partial charge in [-0.25, -0.2) is 13.1 Å². The van der Waals surface area contributed by atoms with E-state index in [4.69, 9.17) is 5.73 Å². The Kier molecular flexibility index (Phi) is 4.11. The summed E-state index contributed by atoms with van der Waals surface area (Å²) in [6, 6.07) is 12.6. The minimum absolute atomic E-state index is 0.121. The highest BCUT2D eigenvalue weighted by molar-refractivity contribution is 7.89. The van der Waals surface area contributed by atoms with Crippen LogP contribution in [0.5, 0.6) is 0 Å². The summed E-state index contributed by atoms with van der Waals surface area (Å²) < 4.78 is 27.0. The number of sulfonamides is 1. The van der Waals surface area contributed by atoms with Crippen molar-refractivity contribution in [2.75, 3.05) is 5.73 Å². The zero-order valence-corrected chi connectivity index (χ0v) is 12.4. The van der Waals surface area contributed by atoms with E-state index in [1.54, 1.807) is 12.1 Å². The Labute approximate surface area is 119 Å². The van der Waals surface area contributed by atoms with Crippen molar-refractivity contribution in [2.24, 2.45) is 0 Å². The lowest BCUT2D eigenvalue weighted by molar-refractivity contribution is 0.581. The Morgan fingerprint density at radius 1 is 1.05 bits per heavy atom. The number of hydrogen-bond donors (Lipinski definition) is 2. The number of nitrogen functional groups attached to an aromatic ring is 1. The molecule has 4 nitrogen and oxygen atoms in total. The van der Waals surface area contributed by atoms with Crippen LogP contribution in [0.1, 0.15) is 16.7 Å². The molecule has 2 rings (SSSR count). The lowest BCUT2D eigenvalue weighted by Gasteiger charge is -2.10. The third kappa shape index (κ3) is 3.37. The van der Waals surface area contributed by atoms with Crippen LogP contribution in [0.3, 0.4) is 0 Å². The molecule has 0 fully saturated rings. The summed E-state index contributed by atoms with van der Waals surface area (Å²) in [5.41, 5.74) is 8.99. The minimum atomic E-state index is -3.59. The van der Waals surface area contributed by atoms with Crippen LogP contribution in [-0.4, -0.2) is 8.42 Å². The molecule has 0 amide bonds.